The quantitative estimate of drug-likeness (QED) is 0.748. The van der Waals surface area contributed by atoms with Crippen LogP contribution in [0.3, 0.4) is 0 Å². The van der Waals surface area contributed by atoms with E-state index in [1.165, 1.54) is 24.8 Å². The number of alkyl halides is 3. The Balaban J connectivity index is 2.45. The van der Waals surface area contributed by atoms with Gasteiger partial charge >= 0.3 is 6.18 Å². The molecule has 0 N–H and O–H groups in total. The first kappa shape index (κ1) is 10.5. The monoisotopic (exact) mass is 225 g/mol. The SMILES string of the molecule is FC(F)(F)c1cccc(-c2ncncn2)c1. The molecule has 0 aliphatic carbocycles. The topological polar surface area (TPSA) is 38.7 Å². The van der Waals surface area contributed by atoms with Crippen LogP contribution in [-0.4, -0.2) is 15.0 Å². The number of hydrogen-bond donors (Lipinski definition) is 0. The third-order valence-electron chi connectivity index (χ3n) is 1.94. The zero-order valence-corrected chi connectivity index (χ0v) is 7.94. The first-order chi connectivity index (χ1) is 7.57. The number of hydrogen-bond acceptors (Lipinski definition) is 3. The van der Waals surface area contributed by atoms with Gasteiger partial charge in [-0.15, -0.1) is 0 Å². The number of aromatic nitrogens is 3. The van der Waals surface area contributed by atoms with Crippen LogP contribution in [0.1, 0.15) is 5.56 Å². The maximum absolute atomic E-state index is 12.4. The normalized spacial score (nSPS) is 11.4. The van der Waals surface area contributed by atoms with Crippen LogP contribution in [0, 0.1) is 0 Å². The fourth-order valence-corrected chi connectivity index (χ4v) is 1.22. The molecule has 0 unspecified atom stereocenters. The molecule has 3 nitrogen and oxygen atoms in total. The molecule has 0 atom stereocenters. The maximum Gasteiger partial charge on any atom is 0.416 e. The Kier molecular flexibility index (Phi) is 2.55. The van der Waals surface area contributed by atoms with Crippen molar-refractivity contribution < 1.29 is 13.2 Å². The smallest absolute Gasteiger partial charge is 0.225 e. The summed E-state index contributed by atoms with van der Waals surface area (Å²) in [5.74, 6) is 0.223. The van der Waals surface area contributed by atoms with Crippen molar-refractivity contribution in [3.05, 3.63) is 42.5 Å². The summed E-state index contributed by atoms with van der Waals surface area (Å²) in [7, 11) is 0. The molecule has 0 fully saturated rings. The van der Waals surface area contributed by atoms with Gasteiger partial charge in [0.05, 0.1) is 5.56 Å². The second-order valence-corrected chi connectivity index (χ2v) is 3.04. The van der Waals surface area contributed by atoms with E-state index in [1.807, 2.05) is 0 Å². The Labute approximate surface area is 89.0 Å². The van der Waals surface area contributed by atoms with Crippen molar-refractivity contribution in [3.8, 4) is 11.4 Å². The van der Waals surface area contributed by atoms with Crippen molar-refractivity contribution in [3.63, 3.8) is 0 Å². The van der Waals surface area contributed by atoms with E-state index in [0.29, 0.717) is 5.56 Å². The number of benzene rings is 1. The van der Waals surface area contributed by atoms with Gasteiger partial charge in [0.25, 0.3) is 0 Å². The van der Waals surface area contributed by atoms with Crippen LogP contribution >= 0.6 is 0 Å². The molecule has 0 radical (unpaired) electrons. The molecule has 0 saturated carbocycles. The molecule has 0 bridgehead atoms. The van der Waals surface area contributed by atoms with Gasteiger partial charge in [-0.2, -0.15) is 13.2 Å². The van der Waals surface area contributed by atoms with Crippen LogP contribution < -0.4 is 0 Å². The number of rotatable bonds is 1. The van der Waals surface area contributed by atoms with E-state index < -0.39 is 11.7 Å². The van der Waals surface area contributed by atoms with E-state index in [4.69, 9.17) is 0 Å². The fourth-order valence-electron chi connectivity index (χ4n) is 1.22. The van der Waals surface area contributed by atoms with Gasteiger partial charge in [-0.3, -0.25) is 0 Å². The summed E-state index contributed by atoms with van der Waals surface area (Å²) in [6.45, 7) is 0. The van der Waals surface area contributed by atoms with Crippen molar-refractivity contribution in [1.29, 1.82) is 0 Å². The molecule has 0 amide bonds. The summed E-state index contributed by atoms with van der Waals surface area (Å²) < 4.78 is 37.3. The summed E-state index contributed by atoms with van der Waals surface area (Å²) in [5, 5.41) is 0. The van der Waals surface area contributed by atoms with Crippen molar-refractivity contribution >= 4 is 0 Å². The summed E-state index contributed by atoms with van der Waals surface area (Å²) in [5.41, 5.74) is -0.400. The molecule has 1 heterocycles. The summed E-state index contributed by atoms with van der Waals surface area (Å²) in [4.78, 5) is 11.2. The minimum Gasteiger partial charge on any atom is -0.225 e. The highest BCUT2D eigenvalue weighted by Crippen LogP contribution is 2.31. The number of halogens is 3. The third kappa shape index (κ3) is 2.16. The van der Waals surface area contributed by atoms with E-state index >= 15 is 0 Å². The molecule has 0 spiro atoms. The molecule has 16 heavy (non-hydrogen) atoms. The number of nitrogens with zero attached hydrogens (tertiary/aromatic N) is 3. The van der Waals surface area contributed by atoms with Crippen molar-refractivity contribution in [2.45, 2.75) is 6.18 Å². The maximum atomic E-state index is 12.4. The van der Waals surface area contributed by atoms with Crippen LogP contribution in [0.2, 0.25) is 0 Å². The first-order valence-corrected chi connectivity index (χ1v) is 4.37. The Morgan fingerprint density at radius 1 is 1.00 bits per heavy atom. The van der Waals surface area contributed by atoms with Crippen molar-refractivity contribution in [1.82, 2.24) is 15.0 Å². The molecule has 0 saturated heterocycles. The molecule has 0 aliphatic heterocycles. The van der Waals surface area contributed by atoms with Gasteiger partial charge < -0.3 is 0 Å². The molecule has 6 heteroatoms. The van der Waals surface area contributed by atoms with Crippen molar-refractivity contribution in [2.24, 2.45) is 0 Å². The van der Waals surface area contributed by atoms with Crippen LogP contribution in [0.15, 0.2) is 36.9 Å². The van der Waals surface area contributed by atoms with E-state index in [1.54, 1.807) is 0 Å². The standard InChI is InChI=1S/C10H6F3N3/c11-10(12,13)8-3-1-2-7(4-8)9-15-5-14-6-16-9/h1-6H. The highest BCUT2D eigenvalue weighted by molar-refractivity contribution is 5.55. The Hall–Kier alpha value is -1.98. The van der Waals surface area contributed by atoms with Crippen LogP contribution in [0.25, 0.3) is 11.4 Å². The minimum atomic E-state index is -4.36. The van der Waals surface area contributed by atoms with E-state index in [-0.39, 0.29) is 5.82 Å². The minimum absolute atomic E-state index is 0.223. The second kappa shape index (κ2) is 3.88. The van der Waals surface area contributed by atoms with Gasteiger partial charge in [-0.1, -0.05) is 12.1 Å². The van der Waals surface area contributed by atoms with Crippen LogP contribution in [-0.2, 0) is 6.18 Å². The molecule has 0 aliphatic rings. The first-order valence-electron chi connectivity index (χ1n) is 4.37. The van der Waals surface area contributed by atoms with Gasteiger partial charge in [0.2, 0.25) is 0 Å². The summed E-state index contributed by atoms with van der Waals surface area (Å²) in [6, 6.07) is 4.85. The molecule has 2 rings (SSSR count). The van der Waals surface area contributed by atoms with Gasteiger partial charge in [-0.25, -0.2) is 15.0 Å². The lowest BCUT2D eigenvalue weighted by Crippen LogP contribution is -2.04. The molecule has 82 valence electrons. The van der Waals surface area contributed by atoms with Crippen molar-refractivity contribution in [2.75, 3.05) is 0 Å². The van der Waals surface area contributed by atoms with E-state index in [2.05, 4.69) is 15.0 Å². The lowest BCUT2D eigenvalue weighted by molar-refractivity contribution is -0.137. The summed E-state index contributed by atoms with van der Waals surface area (Å²) >= 11 is 0. The van der Waals surface area contributed by atoms with Gasteiger partial charge in [-0.05, 0) is 12.1 Å². The fraction of sp³-hybridized carbons (Fsp3) is 0.100. The summed E-state index contributed by atoms with van der Waals surface area (Å²) in [6.07, 6.45) is -1.88. The largest absolute Gasteiger partial charge is 0.416 e. The zero-order valence-electron chi connectivity index (χ0n) is 7.94. The van der Waals surface area contributed by atoms with Crippen LogP contribution in [0.5, 0.6) is 0 Å². The average molecular weight is 225 g/mol. The van der Waals surface area contributed by atoms with E-state index in [9.17, 15) is 13.2 Å². The highest BCUT2D eigenvalue weighted by atomic mass is 19.4. The van der Waals surface area contributed by atoms with Crippen LogP contribution in [0.4, 0.5) is 13.2 Å². The van der Waals surface area contributed by atoms with E-state index in [0.717, 1.165) is 12.1 Å². The molecule has 2 aromatic rings. The lowest BCUT2D eigenvalue weighted by Gasteiger charge is -2.07. The van der Waals surface area contributed by atoms with Gasteiger partial charge in [0.15, 0.2) is 5.82 Å². The van der Waals surface area contributed by atoms with Gasteiger partial charge in [0.1, 0.15) is 12.7 Å². The average Bonchev–Trinajstić information content (AvgIpc) is 2.29. The predicted molar refractivity (Wildman–Crippen MR) is 50.3 cm³/mol. The van der Waals surface area contributed by atoms with Gasteiger partial charge in [0, 0.05) is 5.56 Å². The predicted octanol–water partition coefficient (Wildman–Crippen LogP) is 2.56. The second-order valence-electron chi connectivity index (χ2n) is 3.04. The molecular weight excluding hydrogens is 219 g/mol. The highest BCUT2D eigenvalue weighted by Gasteiger charge is 2.30. The Bertz CT molecular complexity index is 482. The zero-order chi connectivity index (χ0) is 11.6. The molecule has 1 aromatic carbocycles. The lowest BCUT2D eigenvalue weighted by atomic mass is 10.1. The Morgan fingerprint density at radius 2 is 1.69 bits per heavy atom. The molecule has 1 aromatic heterocycles. The Morgan fingerprint density at radius 3 is 2.31 bits per heavy atom. The third-order valence-corrected chi connectivity index (χ3v) is 1.94. The molecular formula is C10H6F3N3.